The van der Waals surface area contributed by atoms with Gasteiger partial charge in [-0.25, -0.2) is 4.98 Å². The second kappa shape index (κ2) is 8.06. The molecule has 0 unspecified atom stereocenters. The number of hydrogen-bond donors (Lipinski definition) is 2. The number of rotatable bonds is 5. The molecule has 3 rings (SSSR count). The van der Waals surface area contributed by atoms with Gasteiger partial charge < -0.3 is 4.42 Å². The van der Waals surface area contributed by atoms with Gasteiger partial charge in [-0.3, -0.25) is 30.6 Å². The first-order valence-electron chi connectivity index (χ1n) is 7.45. The van der Waals surface area contributed by atoms with Crippen molar-refractivity contribution in [2.75, 3.05) is 5.75 Å². The number of nitro benzene ring substituents is 1. The normalized spacial score (nSPS) is 10.6. The third-order valence-corrected chi connectivity index (χ3v) is 4.38. The van der Waals surface area contributed by atoms with Gasteiger partial charge in [0.05, 0.1) is 10.7 Å². The van der Waals surface area contributed by atoms with Crippen LogP contribution >= 0.6 is 23.4 Å². The van der Waals surface area contributed by atoms with E-state index in [0.29, 0.717) is 16.3 Å². The number of amides is 2. The number of carbonyl (C=O) groups is 2. The molecule has 0 aliphatic heterocycles. The van der Waals surface area contributed by atoms with Crippen LogP contribution in [0.3, 0.4) is 0 Å². The van der Waals surface area contributed by atoms with Crippen LogP contribution in [0.15, 0.2) is 52.1 Å². The molecule has 0 aliphatic carbocycles. The smallest absolute Gasteiger partial charge is 0.283 e. The minimum absolute atomic E-state index is 0.0736. The van der Waals surface area contributed by atoms with Crippen molar-refractivity contribution in [1.82, 2.24) is 15.8 Å². The zero-order chi connectivity index (χ0) is 19.4. The molecule has 0 saturated heterocycles. The van der Waals surface area contributed by atoms with Gasteiger partial charge in [-0.05, 0) is 24.3 Å². The zero-order valence-corrected chi connectivity index (χ0v) is 15.0. The van der Waals surface area contributed by atoms with E-state index >= 15 is 0 Å². The molecule has 11 heteroatoms. The Bertz CT molecular complexity index is 1010. The molecule has 0 atom stereocenters. The highest BCUT2D eigenvalue weighted by atomic mass is 35.5. The van der Waals surface area contributed by atoms with Gasteiger partial charge in [-0.2, -0.15) is 0 Å². The fraction of sp³-hybridized carbons (Fsp3) is 0.0625. The molecule has 2 N–H and O–H groups in total. The van der Waals surface area contributed by atoms with Crippen molar-refractivity contribution in [3.63, 3.8) is 0 Å². The molecule has 0 aliphatic rings. The number of halogens is 1. The van der Waals surface area contributed by atoms with Crippen LogP contribution in [0.4, 0.5) is 5.69 Å². The van der Waals surface area contributed by atoms with E-state index in [2.05, 4.69) is 15.8 Å². The van der Waals surface area contributed by atoms with E-state index in [-0.39, 0.29) is 16.3 Å². The third-order valence-electron chi connectivity index (χ3n) is 3.32. The molecule has 138 valence electrons. The standard InChI is InChI=1S/C16H11ClN4O5S/c17-9-5-6-10(12(7-9)21(24)25)15(23)20-19-14(22)8-27-16-18-11-3-1-2-4-13(11)26-16/h1-7H,8H2,(H,19,22)(H,20,23). The molecule has 0 spiro atoms. The lowest BCUT2D eigenvalue weighted by atomic mass is 10.2. The second-order valence-corrected chi connectivity index (χ2v) is 6.52. The van der Waals surface area contributed by atoms with Crippen molar-refractivity contribution >= 4 is 52.0 Å². The van der Waals surface area contributed by atoms with Crippen LogP contribution in [-0.4, -0.2) is 27.5 Å². The van der Waals surface area contributed by atoms with Crippen LogP contribution in [0.5, 0.6) is 0 Å². The van der Waals surface area contributed by atoms with Crippen molar-refractivity contribution in [3.05, 3.63) is 63.2 Å². The van der Waals surface area contributed by atoms with E-state index in [1.165, 1.54) is 12.1 Å². The van der Waals surface area contributed by atoms with Gasteiger partial charge in [0.15, 0.2) is 5.58 Å². The second-order valence-electron chi connectivity index (χ2n) is 5.16. The lowest BCUT2D eigenvalue weighted by molar-refractivity contribution is -0.385. The summed E-state index contributed by atoms with van der Waals surface area (Å²) < 4.78 is 5.46. The van der Waals surface area contributed by atoms with E-state index in [1.807, 2.05) is 6.07 Å². The zero-order valence-electron chi connectivity index (χ0n) is 13.5. The number of carbonyl (C=O) groups excluding carboxylic acids is 2. The summed E-state index contributed by atoms with van der Waals surface area (Å²) in [4.78, 5) is 38.4. The summed E-state index contributed by atoms with van der Waals surface area (Å²) in [7, 11) is 0. The number of nitro groups is 1. The molecule has 9 nitrogen and oxygen atoms in total. The lowest BCUT2D eigenvalue weighted by Crippen LogP contribution is -2.42. The van der Waals surface area contributed by atoms with Gasteiger partial charge in [0, 0.05) is 11.1 Å². The fourth-order valence-electron chi connectivity index (χ4n) is 2.12. The highest BCUT2D eigenvalue weighted by Gasteiger charge is 2.21. The number of thioether (sulfide) groups is 1. The third kappa shape index (κ3) is 4.54. The van der Waals surface area contributed by atoms with Crippen LogP contribution in [-0.2, 0) is 4.79 Å². The van der Waals surface area contributed by atoms with Crippen LogP contribution in [0.1, 0.15) is 10.4 Å². The summed E-state index contributed by atoms with van der Waals surface area (Å²) >= 11 is 6.74. The summed E-state index contributed by atoms with van der Waals surface area (Å²) in [6, 6.07) is 10.8. The lowest BCUT2D eigenvalue weighted by Gasteiger charge is -2.07. The average molecular weight is 407 g/mol. The summed E-state index contributed by atoms with van der Waals surface area (Å²) in [6.07, 6.45) is 0. The van der Waals surface area contributed by atoms with Crippen molar-refractivity contribution < 1.29 is 18.9 Å². The summed E-state index contributed by atoms with van der Waals surface area (Å²) in [5, 5.41) is 11.4. The molecule has 0 saturated carbocycles. The Kier molecular flexibility index (Phi) is 5.57. The molecular weight excluding hydrogens is 396 g/mol. The predicted molar refractivity (Wildman–Crippen MR) is 98.4 cm³/mol. The first-order chi connectivity index (χ1) is 12.9. The van der Waals surface area contributed by atoms with Gasteiger partial charge in [0.2, 0.25) is 5.91 Å². The number of aromatic nitrogens is 1. The quantitative estimate of drug-likeness (QED) is 0.378. The summed E-state index contributed by atoms with van der Waals surface area (Å²) in [5.74, 6) is -1.44. The summed E-state index contributed by atoms with van der Waals surface area (Å²) in [5.41, 5.74) is 4.89. The Labute approximate surface area is 161 Å². The molecule has 2 aromatic carbocycles. The van der Waals surface area contributed by atoms with Crippen molar-refractivity contribution in [1.29, 1.82) is 0 Å². The molecule has 0 fully saturated rings. The molecule has 0 bridgehead atoms. The maximum atomic E-state index is 12.1. The van der Waals surface area contributed by atoms with Gasteiger partial charge in [0.25, 0.3) is 16.8 Å². The largest absolute Gasteiger partial charge is 0.431 e. The number of nitrogens with one attached hydrogen (secondary N) is 2. The Balaban J connectivity index is 1.56. The van der Waals surface area contributed by atoms with E-state index in [1.54, 1.807) is 18.2 Å². The first-order valence-corrected chi connectivity index (χ1v) is 8.82. The minimum atomic E-state index is -0.835. The van der Waals surface area contributed by atoms with Crippen LogP contribution in [0.2, 0.25) is 5.02 Å². The van der Waals surface area contributed by atoms with Crippen LogP contribution < -0.4 is 10.9 Å². The maximum absolute atomic E-state index is 12.1. The van der Waals surface area contributed by atoms with Gasteiger partial charge in [0.1, 0.15) is 11.1 Å². The van der Waals surface area contributed by atoms with Crippen molar-refractivity contribution in [2.45, 2.75) is 5.22 Å². The summed E-state index contributed by atoms with van der Waals surface area (Å²) in [6.45, 7) is 0. The number of nitrogens with zero attached hydrogens (tertiary/aromatic N) is 2. The monoisotopic (exact) mass is 406 g/mol. The fourth-order valence-corrected chi connectivity index (χ4v) is 2.92. The van der Waals surface area contributed by atoms with Crippen LogP contribution in [0, 0.1) is 10.1 Å². The Morgan fingerprint density at radius 1 is 1.22 bits per heavy atom. The molecule has 3 aromatic rings. The van der Waals surface area contributed by atoms with Crippen LogP contribution in [0.25, 0.3) is 11.1 Å². The van der Waals surface area contributed by atoms with Crippen molar-refractivity contribution in [2.24, 2.45) is 0 Å². The SMILES string of the molecule is O=C(CSc1nc2ccccc2o1)NNC(=O)c1ccc(Cl)cc1[N+](=O)[O-]. The topological polar surface area (TPSA) is 127 Å². The van der Waals surface area contributed by atoms with Gasteiger partial charge in [-0.15, -0.1) is 0 Å². The highest BCUT2D eigenvalue weighted by molar-refractivity contribution is 7.99. The van der Waals surface area contributed by atoms with E-state index in [4.69, 9.17) is 16.0 Å². The van der Waals surface area contributed by atoms with Gasteiger partial charge in [-0.1, -0.05) is 35.5 Å². The molecule has 1 aromatic heterocycles. The average Bonchev–Trinajstić information content (AvgIpc) is 3.07. The number of hydrogen-bond acceptors (Lipinski definition) is 7. The molecule has 27 heavy (non-hydrogen) atoms. The number of hydrazine groups is 1. The maximum Gasteiger partial charge on any atom is 0.283 e. The first kappa shape index (κ1) is 18.7. The Hall–Kier alpha value is -3.11. The Morgan fingerprint density at radius 3 is 2.74 bits per heavy atom. The number of fused-ring (bicyclic) bond motifs is 1. The Morgan fingerprint density at radius 2 is 2.00 bits per heavy atom. The van der Waals surface area contributed by atoms with Crippen molar-refractivity contribution in [3.8, 4) is 0 Å². The van der Waals surface area contributed by atoms with Gasteiger partial charge >= 0.3 is 0 Å². The predicted octanol–water partition coefficient (Wildman–Crippen LogP) is 2.94. The minimum Gasteiger partial charge on any atom is -0.431 e. The van der Waals surface area contributed by atoms with E-state index in [0.717, 1.165) is 17.8 Å². The molecule has 2 amide bonds. The van der Waals surface area contributed by atoms with E-state index < -0.39 is 22.4 Å². The number of benzene rings is 2. The molecule has 1 heterocycles. The number of oxazole rings is 1. The highest BCUT2D eigenvalue weighted by Crippen LogP contribution is 2.24. The van der Waals surface area contributed by atoms with E-state index in [9.17, 15) is 19.7 Å². The number of para-hydroxylation sites is 2. The molecular formula is C16H11ClN4O5S. The molecule has 0 radical (unpaired) electrons.